The van der Waals surface area contributed by atoms with Crippen LogP contribution in [0.4, 0.5) is 0 Å². The van der Waals surface area contributed by atoms with Gasteiger partial charge in [-0.05, 0) is 6.92 Å². The molecule has 0 saturated carbocycles. The molecule has 0 amide bonds. The van der Waals surface area contributed by atoms with Crippen LogP contribution < -0.4 is 0 Å². The molecule has 4 heteroatoms. The summed E-state index contributed by atoms with van der Waals surface area (Å²) in [4.78, 5) is 9.09. The van der Waals surface area contributed by atoms with E-state index in [9.17, 15) is 5.11 Å². The highest BCUT2D eigenvalue weighted by atomic mass is 16.3. The molecule has 0 aliphatic rings. The lowest BCUT2D eigenvalue weighted by Crippen LogP contribution is -1.95. The van der Waals surface area contributed by atoms with Gasteiger partial charge in [-0.2, -0.15) is 0 Å². The van der Waals surface area contributed by atoms with Gasteiger partial charge in [-0.3, -0.25) is 4.40 Å². The van der Waals surface area contributed by atoms with Crippen molar-refractivity contribution in [3.63, 3.8) is 0 Å². The molecule has 2 aromatic heterocycles. The molecular weight excluding hydrogens is 250 g/mol. The summed E-state index contributed by atoms with van der Waals surface area (Å²) >= 11 is 0. The summed E-state index contributed by atoms with van der Waals surface area (Å²) in [5.74, 6) is 0.382. The molecule has 20 heavy (non-hydrogen) atoms. The van der Waals surface area contributed by atoms with Crippen LogP contribution in [0.5, 0.6) is 5.88 Å². The summed E-state index contributed by atoms with van der Waals surface area (Å²) in [5.41, 5.74) is 4.09. The standard InChI is InChI=1S/C16H17N3O/c1-10(2)14-16(20)19-9-13(12-7-5-4-6-8-12)17-11(3)15(19)18-14/h4-10,20H,1-3H3. The van der Waals surface area contributed by atoms with E-state index in [2.05, 4.69) is 9.97 Å². The SMILES string of the molecule is Cc1nc(-c2ccccc2)cn2c(O)c(C(C)C)nc12. The van der Waals surface area contributed by atoms with Crippen molar-refractivity contribution >= 4 is 5.65 Å². The number of rotatable bonds is 2. The fourth-order valence-corrected chi connectivity index (χ4v) is 2.34. The van der Waals surface area contributed by atoms with Gasteiger partial charge >= 0.3 is 0 Å². The van der Waals surface area contributed by atoms with Gasteiger partial charge in [0.25, 0.3) is 0 Å². The van der Waals surface area contributed by atoms with Crippen molar-refractivity contribution in [3.8, 4) is 17.1 Å². The predicted octanol–water partition coefficient (Wildman–Crippen LogP) is 3.53. The van der Waals surface area contributed by atoms with E-state index in [0.29, 0.717) is 11.3 Å². The first-order chi connectivity index (χ1) is 9.58. The molecule has 0 radical (unpaired) electrons. The van der Waals surface area contributed by atoms with Gasteiger partial charge in [-0.1, -0.05) is 44.2 Å². The van der Waals surface area contributed by atoms with Crippen molar-refractivity contribution < 1.29 is 5.11 Å². The van der Waals surface area contributed by atoms with Gasteiger partial charge in [-0.25, -0.2) is 9.97 Å². The number of aryl methyl sites for hydroxylation is 1. The Morgan fingerprint density at radius 2 is 1.80 bits per heavy atom. The maximum Gasteiger partial charge on any atom is 0.219 e. The van der Waals surface area contributed by atoms with Gasteiger partial charge in [0.2, 0.25) is 5.88 Å². The number of aromatic nitrogens is 3. The zero-order valence-electron chi connectivity index (χ0n) is 11.8. The topological polar surface area (TPSA) is 50.4 Å². The minimum absolute atomic E-state index is 0.175. The van der Waals surface area contributed by atoms with Crippen molar-refractivity contribution in [2.75, 3.05) is 0 Å². The van der Waals surface area contributed by atoms with Crippen LogP contribution in [0.1, 0.15) is 31.2 Å². The van der Waals surface area contributed by atoms with E-state index >= 15 is 0 Å². The van der Waals surface area contributed by atoms with Crippen molar-refractivity contribution in [1.82, 2.24) is 14.4 Å². The van der Waals surface area contributed by atoms with Crippen LogP contribution in [0.15, 0.2) is 36.5 Å². The monoisotopic (exact) mass is 267 g/mol. The molecule has 0 saturated heterocycles. The first-order valence-corrected chi connectivity index (χ1v) is 6.72. The molecule has 0 bridgehead atoms. The molecule has 0 fully saturated rings. The van der Waals surface area contributed by atoms with Crippen LogP contribution in [0, 0.1) is 6.92 Å². The molecule has 0 aliphatic heterocycles. The highest BCUT2D eigenvalue weighted by molar-refractivity contribution is 5.62. The number of hydrogen-bond donors (Lipinski definition) is 1. The van der Waals surface area contributed by atoms with Gasteiger partial charge < -0.3 is 5.11 Å². The van der Waals surface area contributed by atoms with Gasteiger partial charge in [0.05, 0.1) is 11.4 Å². The Labute approximate surface area is 117 Å². The molecule has 1 N–H and O–H groups in total. The summed E-state index contributed by atoms with van der Waals surface area (Å²) in [6.07, 6.45) is 1.84. The number of hydrogen-bond acceptors (Lipinski definition) is 3. The van der Waals surface area contributed by atoms with Crippen LogP contribution in [0.3, 0.4) is 0 Å². The Balaban J connectivity index is 2.26. The number of imidazole rings is 1. The summed E-state index contributed by atoms with van der Waals surface area (Å²) in [6, 6.07) is 9.93. The summed E-state index contributed by atoms with van der Waals surface area (Å²) in [5, 5.41) is 10.3. The highest BCUT2D eigenvalue weighted by Gasteiger charge is 2.17. The molecule has 102 valence electrons. The summed E-state index contributed by atoms with van der Waals surface area (Å²) in [7, 11) is 0. The third kappa shape index (κ3) is 1.93. The number of nitrogens with zero attached hydrogens (tertiary/aromatic N) is 3. The van der Waals surface area contributed by atoms with Crippen molar-refractivity contribution in [2.45, 2.75) is 26.7 Å². The van der Waals surface area contributed by atoms with E-state index in [1.165, 1.54) is 0 Å². The number of benzene rings is 1. The molecule has 4 nitrogen and oxygen atoms in total. The first-order valence-electron chi connectivity index (χ1n) is 6.72. The van der Waals surface area contributed by atoms with Crippen LogP contribution in [0.2, 0.25) is 0 Å². The fraction of sp³-hybridized carbons (Fsp3) is 0.250. The van der Waals surface area contributed by atoms with Gasteiger partial charge in [0.1, 0.15) is 5.69 Å². The molecule has 3 rings (SSSR count). The lowest BCUT2D eigenvalue weighted by Gasteiger charge is -2.05. The predicted molar refractivity (Wildman–Crippen MR) is 78.9 cm³/mol. The van der Waals surface area contributed by atoms with E-state index < -0.39 is 0 Å². The number of fused-ring (bicyclic) bond motifs is 1. The smallest absolute Gasteiger partial charge is 0.219 e. The molecule has 3 aromatic rings. The Morgan fingerprint density at radius 3 is 2.45 bits per heavy atom. The molecule has 0 unspecified atom stereocenters. The van der Waals surface area contributed by atoms with E-state index in [4.69, 9.17) is 0 Å². The molecule has 0 spiro atoms. The van der Waals surface area contributed by atoms with Gasteiger partial charge in [-0.15, -0.1) is 0 Å². The van der Waals surface area contributed by atoms with E-state index in [0.717, 1.165) is 17.0 Å². The molecule has 0 aliphatic carbocycles. The largest absolute Gasteiger partial charge is 0.493 e. The molecule has 1 aromatic carbocycles. The molecule has 2 heterocycles. The van der Waals surface area contributed by atoms with Crippen molar-refractivity contribution in [3.05, 3.63) is 47.9 Å². The lowest BCUT2D eigenvalue weighted by molar-refractivity contribution is 0.438. The Bertz CT molecular complexity index is 760. The first kappa shape index (κ1) is 12.7. The van der Waals surface area contributed by atoms with Crippen molar-refractivity contribution in [1.29, 1.82) is 0 Å². The maximum atomic E-state index is 10.3. The quantitative estimate of drug-likeness (QED) is 0.772. The summed E-state index contributed by atoms with van der Waals surface area (Å²) in [6.45, 7) is 5.95. The van der Waals surface area contributed by atoms with Crippen LogP contribution in [-0.2, 0) is 0 Å². The Hall–Kier alpha value is -2.36. The maximum absolute atomic E-state index is 10.3. The lowest BCUT2D eigenvalue weighted by atomic mass is 10.1. The third-order valence-corrected chi connectivity index (χ3v) is 3.39. The fourth-order valence-electron chi connectivity index (χ4n) is 2.34. The normalized spacial score (nSPS) is 11.4. The minimum Gasteiger partial charge on any atom is -0.493 e. The van der Waals surface area contributed by atoms with E-state index in [1.54, 1.807) is 4.40 Å². The van der Waals surface area contributed by atoms with E-state index in [1.807, 2.05) is 57.3 Å². The molecule has 0 atom stereocenters. The van der Waals surface area contributed by atoms with Gasteiger partial charge in [0.15, 0.2) is 5.65 Å². The second-order valence-corrected chi connectivity index (χ2v) is 5.25. The Morgan fingerprint density at radius 1 is 1.10 bits per heavy atom. The Kier molecular flexibility index (Phi) is 2.93. The van der Waals surface area contributed by atoms with Gasteiger partial charge in [0, 0.05) is 17.7 Å². The van der Waals surface area contributed by atoms with Crippen LogP contribution in [-0.4, -0.2) is 19.5 Å². The average Bonchev–Trinajstić information content (AvgIpc) is 2.78. The van der Waals surface area contributed by atoms with E-state index in [-0.39, 0.29) is 11.8 Å². The zero-order chi connectivity index (χ0) is 14.3. The van der Waals surface area contributed by atoms with Crippen LogP contribution in [0.25, 0.3) is 16.9 Å². The van der Waals surface area contributed by atoms with Crippen molar-refractivity contribution in [2.24, 2.45) is 0 Å². The molecular formula is C16H17N3O. The second kappa shape index (κ2) is 4.63. The second-order valence-electron chi connectivity index (χ2n) is 5.25. The highest BCUT2D eigenvalue weighted by Crippen LogP contribution is 2.29. The zero-order valence-corrected chi connectivity index (χ0v) is 11.8. The summed E-state index contributed by atoms with van der Waals surface area (Å²) < 4.78 is 1.72. The number of aromatic hydroxyl groups is 1. The minimum atomic E-state index is 0.175. The third-order valence-electron chi connectivity index (χ3n) is 3.39. The van der Waals surface area contributed by atoms with Crippen LogP contribution >= 0.6 is 0 Å². The average molecular weight is 267 g/mol.